The molecule has 0 aliphatic carbocycles. The van der Waals surface area contributed by atoms with E-state index in [1.54, 1.807) is 6.07 Å². The number of carbonyl (C=O) groups is 1. The Labute approximate surface area is 79.2 Å². The summed E-state index contributed by atoms with van der Waals surface area (Å²) in [7, 11) is 0. The first-order chi connectivity index (χ1) is 6.15. The molecular formula is C6H7N5OS. The molecule has 1 aromatic rings. The van der Waals surface area contributed by atoms with Crippen molar-refractivity contribution in [1.29, 1.82) is 5.26 Å². The van der Waals surface area contributed by atoms with E-state index in [1.165, 1.54) is 17.9 Å². The fourth-order valence-electron chi connectivity index (χ4n) is 0.602. The van der Waals surface area contributed by atoms with Crippen LogP contribution < -0.4 is 5.43 Å². The Balaban J connectivity index is 2.72. The molecule has 68 valence electrons. The zero-order valence-corrected chi connectivity index (χ0v) is 7.63. The summed E-state index contributed by atoms with van der Waals surface area (Å²) < 4.78 is 1.52. The van der Waals surface area contributed by atoms with Crippen molar-refractivity contribution in [3.05, 3.63) is 11.1 Å². The number of hydrogen-bond donors (Lipinski definition) is 2. The van der Waals surface area contributed by atoms with Crippen LogP contribution in [-0.2, 0) is 4.79 Å². The molecule has 0 aliphatic rings. The smallest absolute Gasteiger partial charge is 0.255 e. The highest BCUT2D eigenvalue weighted by molar-refractivity contribution is 7.71. The number of aromatic nitrogens is 3. The minimum atomic E-state index is -0.711. The molecule has 0 radical (unpaired) electrons. The maximum Gasteiger partial charge on any atom is 0.255 e. The van der Waals surface area contributed by atoms with E-state index >= 15 is 0 Å². The van der Waals surface area contributed by atoms with Crippen molar-refractivity contribution in [2.75, 3.05) is 5.43 Å². The van der Waals surface area contributed by atoms with E-state index in [-0.39, 0.29) is 4.77 Å². The van der Waals surface area contributed by atoms with Gasteiger partial charge in [0.25, 0.3) is 5.91 Å². The van der Waals surface area contributed by atoms with E-state index in [9.17, 15) is 4.79 Å². The van der Waals surface area contributed by atoms with Gasteiger partial charge >= 0.3 is 0 Å². The van der Waals surface area contributed by atoms with Crippen LogP contribution in [0.2, 0.25) is 0 Å². The van der Waals surface area contributed by atoms with Gasteiger partial charge in [-0.05, 0) is 19.1 Å². The van der Waals surface area contributed by atoms with Crippen LogP contribution in [0.3, 0.4) is 0 Å². The predicted molar refractivity (Wildman–Crippen MR) is 46.6 cm³/mol. The lowest BCUT2D eigenvalue weighted by Crippen LogP contribution is -2.27. The van der Waals surface area contributed by atoms with E-state index in [4.69, 9.17) is 17.5 Å². The molecule has 0 aliphatic heterocycles. The van der Waals surface area contributed by atoms with Crippen molar-refractivity contribution in [3.63, 3.8) is 0 Å². The van der Waals surface area contributed by atoms with E-state index < -0.39 is 11.8 Å². The van der Waals surface area contributed by atoms with Gasteiger partial charge in [0.05, 0.1) is 6.07 Å². The van der Waals surface area contributed by atoms with E-state index in [2.05, 4.69) is 15.6 Å². The third kappa shape index (κ3) is 2.13. The Morgan fingerprint density at radius 2 is 2.69 bits per heavy atom. The lowest BCUT2D eigenvalue weighted by molar-refractivity contribution is -0.118. The van der Waals surface area contributed by atoms with Gasteiger partial charge in [0, 0.05) is 0 Å². The number of nitrogens with one attached hydrogen (secondary N) is 2. The third-order valence-electron chi connectivity index (χ3n) is 1.37. The van der Waals surface area contributed by atoms with Crippen molar-refractivity contribution in [2.24, 2.45) is 5.92 Å². The fourth-order valence-corrected chi connectivity index (χ4v) is 0.747. The number of aromatic amines is 1. The lowest BCUT2D eigenvalue weighted by Gasteiger charge is -2.04. The summed E-state index contributed by atoms with van der Waals surface area (Å²) in [5, 5.41) is 14.5. The standard InChI is InChI=1S/C6H7N5OS/c1-4(2-7)5(12)10-11-3-8-9-6(11)13/h3-4H,1H3,(H,9,13)(H,10,12). The highest BCUT2D eigenvalue weighted by Gasteiger charge is 2.11. The first kappa shape index (κ1) is 9.41. The van der Waals surface area contributed by atoms with E-state index in [0.717, 1.165) is 0 Å². The van der Waals surface area contributed by atoms with Gasteiger partial charge in [-0.2, -0.15) is 10.4 Å². The van der Waals surface area contributed by atoms with Crippen LogP contribution in [0.25, 0.3) is 0 Å². The second-order valence-corrected chi connectivity index (χ2v) is 2.75. The number of rotatable bonds is 2. The Bertz CT molecular complexity index is 400. The number of H-pyrrole nitrogens is 1. The molecule has 13 heavy (non-hydrogen) atoms. The SMILES string of the molecule is CC(C#N)C(=O)Nn1cn[nH]c1=S. The van der Waals surface area contributed by atoms with Gasteiger partial charge in [-0.3, -0.25) is 15.3 Å². The minimum Gasteiger partial charge on any atom is -0.272 e. The highest BCUT2D eigenvalue weighted by atomic mass is 32.1. The topological polar surface area (TPSA) is 86.5 Å². The largest absolute Gasteiger partial charge is 0.272 e. The quantitative estimate of drug-likeness (QED) is 0.662. The number of nitriles is 1. The van der Waals surface area contributed by atoms with Crippen LogP contribution >= 0.6 is 12.2 Å². The maximum atomic E-state index is 11.2. The molecular weight excluding hydrogens is 190 g/mol. The average Bonchev–Trinajstić information content (AvgIpc) is 2.50. The molecule has 0 saturated carbocycles. The van der Waals surface area contributed by atoms with Gasteiger partial charge in [0.15, 0.2) is 0 Å². The zero-order valence-electron chi connectivity index (χ0n) is 6.81. The van der Waals surface area contributed by atoms with Crippen LogP contribution in [0.1, 0.15) is 6.92 Å². The van der Waals surface area contributed by atoms with Gasteiger partial charge in [-0.15, -0.1) is 0 Å². The Kier molecular flexibility index (Phi) is 2.76. The second kappa shape index (κ2) is 3.82. The van der Waals surface area contributed by atoms with Crippen molar-refractivity contribution >= 4 is 18.1 Å². The molecule has 1 amide bonds. The number of hydrogen-bond acceptors (Lipinski definition) is 4. The minimum absolute atomic E-state index is 0.276. The summed E-state index contributed by atoms with van der Waals surface area (Å²) in [5.41, 5.74) is 2.40. The van der Waals surface area contributed by atoms with Crippen molar-refractivity contribution in [2.45, 2.75) is 6.92 Å². The average molecular weight is 197 g/mol. The van der Waals surface area contributed by atoms with E-state index in [1.807, 2.05) is 0 Å². The molecule has 6 nitrogen and oxygen atoms in total. The molecule has 0 bridgehead atoms. The number of amides is 1. The first-order valence-electron chi connectivity index (χ1n) is 3.47. The maximum absolute atomic E-state index is 11.2. The lowest BCUT2D eigenvalue weighted by atomic mass is 10.2. The van der Waals surface area contributed by atoms with Crippen molar-refractivity contribution in [3.8, 4) is 6.07 Å². The summed E-state index contributed by atoms with van der Waals surface area (Å²) in [6, 6.07) is 1.81. The predicted octanol–water partition coefficient (Wildman–Crippen LogP) is 0.170. The molecule has 1 heterocycles. The Hall–Kier alpha value is -1.68. The Morgan fingerprint density at radius 3 is 3.15 bits per heavy atom. The first-order valence-corrected chi connectivity index (χ1v) is 3.88. The Morgan fingerprint density at radius 1 is 2.00 bits per heavy atom. The second-order valence-electron chi connectivity index (χ2n) is 2.36. The summed E-state index contributed by atoms with van der Waals surface area (Å²) in [6.07, 6.45) is 1.32. The summed E-state index contributed by atoms with van der Waals surface area (Å²) >= 11 is 4.77. The normalized spacial score (nSPS) is 11.7. The number of carbonyl (C=O) groups excluding carboxylic acids is 1. The fraction of sp³-hybridized carbons (Fsp3) is 0.333. The molecule has 1 unspecified atom stereocenters. The monoisotopic (exact) mass is 197 g/mol. The van der Waals surface area contributed by atoms with Crippen LogP contribution in [0.15, 0.2) is 6.33 Å². The molecule has 0 saturated heterocycles. The zero-order chi connectivity index (χ0) is 9.84. The molecule has 0 aromatic carbocycles. The molecule has 2 N–H and O–H groups in total. The van der Waals surface area contributed by atoms with Crippen LogP contribution in [-0.4, -0.2) is 20.8 Å². The van der Waals surface area contributed by atoms with Gasteiger partial charge in [0.2, 0.25) is 4.77 Å². The molecule has 1 atom stereocenters. The van der Waals surface area contributed by atoms with Gasteiger partial charge in [-0.25, -0.2) is 4.68 Å². The molecule has 0 spiro atoms. The summed E-state index contributed by atoms with van der Waals surface area (Å²) in [5.74, 6) is -1.13. The van der Waals surface area contributed by atoms with Gasteiger partial charge in [-0.1, -0.05) is 0 Å². The van der Waals surface area contributed by atoms with Crippen LogP contribution in [0.4, 0.5) is 0 Å². The van der Waals surface area contributed by atoms with Gasteiger partial charge < -0.3 is 0 Å². The highest BCUT2D eigenvalue weighted by Crippen LogP contribution is 1.93. The molecule has 1 rings (SSSR count). The summed E-state index contributed by atoms with van der Waals surface area (Å²) in [4.78, 5) is 11.2. The summed E-state index contributed by atoms with van der Waals surface area (Å²) in [6.45, 7) is 1.50. The molecule has 7 heteroatoms. The van der Waals surface area contributed by atoms with Crippen molar-refractivity contribution < 1.29 is 4.79 Å². The third-order valence-corrected chi connectivity index (χ3v) is 1.66. The van der Waals surface area contributed by atoms with Crippen LogP contribution in [0.5, 0.6) is 0 Å². The van der Waals surface area contributed by atoms with Gasteiger partial charge in [0.1, 0.15) is 12.2 Å². The molecule has 1 aromatic heterocycles. The van der Waals surface area contributed by atoms with E-state index in [0.29, 0.717) is 0 Å². The molecule has 0 fully saturated rings. The number of nitrogens with zero attached hydrogens (tertiary/aromatic N) is 3. The van der Waals surface area contributed by atoms with Crippen molar-refractivity contribution in [1.82, 2.24) is 14.9 Å². The van der Waals surface area contributed by atoms with Crippen LogP contribution in [0, 0.1) is 22.0 Å².